The maximum absolute atomic E-state index is 10.7. The highest BCUT2D eigenvalue weighted by molar-refractivity contribution is 5.73. The van der Waals surface area contributed by atoms with E-state index >= 15 is 0 Å². The second-order valence-corrected chi connectivity index (χ2v) is 3.10. The van der Waals surface area contributed by atoms with Gasteiger partial charge in [-0.25, -0.2) is 0 Å². The third kappa shape index (κ3) is 2.52. The highest BCUT2D eigenvalue weighted by Crippen LogP contribution is 2.23. The predicted molar refractivity (Wildman–Crippen MR) is 53.8 cm³/mol. The predicted octanol–water partition coefficient (Wildman–Crippen LogP) is 1.78. The smallest absolute Gasteiger partial charge is 0.308 e. The van der Waals surface area contributed by atoms with E-state index in [4.69, 9.17) is 5.11 Å². The summed E-state index contributed by atoms with van der Waals surface area (Å²) in [5.74, 6) is -1.06. The standard InChI is InChI=1S/C10H11NO4/c1-2-7-4-3-5-9(11(14)15)8(7)6-10(12)13/h3-5H,2,6H2,1H3,(H,12,13). The molecule has 5 nitrogen and oxygen atoms in total. The van der Waals surface area contributed by atoms with Crippen molar-refractivity contribution in [2.75, 3.05) is 0 Å². The summed E-state index contributed by atoms with van der Waals surface area (Å²) in [5, 5.41) is 19.4. The zero-order chi connectivity index (χ0) is 11.4. The van der Waals surface area contributed by atoms with Crippen LogP contribution in [0.1, 0.15) is 18.1 Å². The third-order valence-electron chi connectivity index (χ3n) is 2.15. The molecule has 1 N–H and O–H groups in total. The van der Waals surface area contributed by atoms with E-state index in [-0.39, 0.29) is 12.1 Å². The van der Waals surface area contributed by atoms with Crippen LogP contribution in [0.3, 0.4) is 0 Å². The number of aliphatic carboxylic acids is 1. The number of nitro benzene ring substituents is 1. The Kier molecular flexibility index (Phi) is 3.38. The molecule has 0 fully saturated rings. The van der Waals surface area contributed by atoms with Crippen molar-refractivity contribution in [1.82, 2.24) is 0 Å². The monoisotopic (exact) mass is 209 g/mol. The van der Waals surface area contributed by atoms with E-state index in [1.165, 1.54) is 6.07 Å². The van der Waals surface area contributed by atoms with Crippen molar-refractivity contribution in [3.8, 4) is 0 Å². The van der Waals surface area contributed by atoms with E-state index in [0.29, 0.717) is 17.5 Å². The molecule has 0 aliphatic heterocycles. The molecule has 1 aromatic rings. The highest BCUT2D eigenvalue weighted by Gasteiger charge is 2.18. The first kappa shape index (κ1) is 11.2. The second kappa shape index (κ2) is 4.54. The average Bonchev–Trinajstić information content (AvgIpc) is 2.16. The lowest BCUT2D eigenvalue weighted by Gasteiger charge is -2.05. The summed E-state index contributed by atoms with van der Waals surface area (Å²) in [4.78, 5) is 20.7. The van der Waals surface area contributed by atoms with Crippen LogP contribution in [0.2, 0.25) is 0 Å². The van der Waals surface area contributed by atoms with E-state index in [1.807, 2.05) is 6.92 Å². The van der Waals surface area contributed by atoms with Gasteiger partial charge in [-0.1, -0.05) is 19.1 Å². The van der Waals surface area contributed by atoms with E-state index in [1.54, 1.807) is 12.1 Å². The van der Waals surface area contributed by atoms with Gasteiger partial charge in [0.1, 0.15) is 0 Å². The Balaban J connectivity index is 3.26. The first-order valence-electron chi connectivity index (χ1n) is 4.53. The molecule has 1 rings (SSSR count). The van der Waals surface area contributed by atoms with Crippen LogP contribution in [0.4, 0.5) is 5.69 Å². The maximum atomic E-state index is 10.7. The Morgan fingerprint density at radius 2 is 2.20 bits per heavy atom. The van der Waals surface area contributed by atoms with Crippen LogP contribution in [-0.2, 0) is 17.6 Å². The molecule has 80 valence electrons. The number of nitrogens with zero attached hydrogens (tertiary/aromatic N) is 1. The summed E-state index contributed by atoms with van der Waals surface area (Å²) in [5.41, 5.74) is 0.904. The van der Waals surface area contributed by atoms with Crippen LogP contribution in [0.15, 0.2) is 18.2 Å². The molecule has 0 aromatic heterocycles. The first-order valence-corrected chi connectivity index (χ1v) is 4.53. The Bertz CT molecular complexity index is 400. The summed E-state index contributed by atoms with van der Waals surface area (Å²) in [6, 6.07) is 4.62. The van der Waals surface area contributed by atoms with Gasteiger partial charge in [0, 0.05) is 11.6 Å². The molecule has 0 aliphatic rings. The van der Waals surface area contributed by atoms with Crippen LogP contribution in [0.5, 0.6) is 0 Å². The Hall–Kier alpha value is -1.91. The number of rotatable bonds is 4. The highest BCUT2D eigenvalue weighted by atomic mass is 16.6. The normalized spacial score (nSPS) is 9.93. The lowest BCUT2D eigenvalue weighted by Crippen LogP contribution is -2.06. The van der Waals surface area contributed by atoms with Gasteiger partial charge in [0.25, 0.3) is 5.69 Å². The molecular weight excluding hydrogens is 198 g/mol. The average molecular weight is 209 g/mol. The number of aryl methyl sites for hydroxylation is 1. The maximum Gasteiger partial charge on any atom is 0.308 e. The third-order valence-corrected chi connectivity index (χ3v) is 2.15. The lowest BCUT2D eigenvalue weighted by molar-refractivity contribution is -0.385. The van der Waals surface area contributed by atoms with Gasteiger partial charge in [-0.15, -0.1) is 0 Å². The largest absolute Gasteiger partial charge is 0.481 e. The Labute approximate surface area is 86.5 Å². The van der Waals surface area contributed by atoms with Gasteiger partial charge in [0.2, 0.25) is 0 Å². The summed E-state index contributed by atoms with van der Waals surface area (Å²) in [7, 11) is 0. The van der Waals surface area contributed by atoms with Crippen molar-refractivity contribution in [3.63, 3.8) is 0 Å². The van der Waals surface area contributed by atoms with Crippen LogP contribution in [-0.4, -0.2) is 16.0 Å². The molecule has 1 aromatic carbocycles. The number of nitro groups is 1. The number of hydrogen-bond donors (Lipinski definition) is 1. The molecule has 0 saturated carbocycles. The van der Waals surface area contributed by atoms with Crippen LogP contribution >= 0.6 is 0 Å². The fourth-order valence-electron chi connectivity index (χ4n) is 1.48. The number of benzene rings is 1. The van der Waals surface area contributed by atoms with Crippen molar-refractivity contribution in [2.24, 2.45) is 0 Å². The van der Waals surface area contributed by atoms with Crippen molar-refractivity contribution in [3.05, 3.63) is 39.4 Å². The molecular formula is C10H11NO4. The topological polar surface area (TPSA) is 80.4 Å². The van der Waals surface area contributed by atoms with Gasteiger partial charge < -0.3 is 5.11 Å². The van der Waals surface area contributed by atoms with E-state index in [2.05, 4.69) is 0 Å². The zero-order valence-corrected chi connectivity index (χ0v) is 8.27. The molecule has 15 heavy (non-hydrogen) atoms. The van der Waals surface area contributed by atoms with Gasteiger partial charge in [-0.2, -0.15) is 0 Å². The number of carboxylic acid groups (broad SMARTS) is 1. The summed E-state index contributed by atoms with van der Waals surface area (Å²) in [6.07, 6.45) is 0.282. The van der Waals surface area contributed by atoms with Crippen LogP contribution in [0, 0.1) is 10.1 Å². The van der Waals surface area contributed by atoms with Crippen molar-refractivity contribution in [1.29, 1.82) is 0 Å². The minimum absolute atomic E-state index is 0.114. The van der Waals surface area contributed by atoms with Crippen LogP contribution < -0.4 is 0 Å². The van der Waals surface area contributed by atoms with Gasteiger partial charge in [-0.3, -0.25) is 14.9 Å². The first-order chi connectivity index (χ1) is 7.06. The molecule has 0 spiro atoms. The number of carboxylic acids is 1. The molecule has 5 heteroatoms. The lowest BCUT2D eigenvalue weighted by atomic mass is 10.0. The Morgan fingerprint density at radius 3 is 2.67 bits per heavy atom. The minimum Gasteiger partial charge on any atom is -0.481 e. The van der Waals surface area contributed by atoms with Gasteiger partial charge in [0.15, 0.2) is 0 Å². The molecule has 0 radical (unpaired) electrons. The SMILES string of the molecule is CCc1cccc([N+](=O)[O-])c1CC(=O)O. The minimum atomic E-state index is -1.06. The molecule has 0 heterocycles. The quantitative estimate of drug-likeness (QED) is 0.605. The fraction of sp³-hybridized carbons (Fsp3) is 0.300. The van der Waals surface area contributed by atoms with E-state index < -0.39 is 10.9 Å². The van der Waals surface area contributed by atoms with Gasteiger partial charge in [0.05, 0.1) is 11.3 Å². The second-order valence-electron chi connectivity index (χ2n) is 3.10. The zero-order valence-electron chi connectivity index (χ0n) is 8.27. The summed E-state index contributed by atoms with van der Waals surface area (Å²) in [6.45, 7) is 1.84. The fourth-order valence-corrected chi connectivity index (χ4v) is 1.48. The molecule has 0 atom stereocenters. The van der Waals surface area contributed by atoms with Crippen molar-refractivity contribution < 1.29 is 14.8 Å². The van der Waals surface area contributed by atoms with Gasteiger partial charge >= 0.3 is 5.97 Å². The van der Waals surface area contributed by atoms with Gasteiger partial charge in [-0.05, 0) is 12.0 Å². The summed E-state index contributed by atoms with van der Waals surface area (Å²) >= 11 is 0. The van der Waals surface area contributed by atoms with E-state index in [0.717, 1.165) is 0 Å². The van der Waals surface area contributed by atoms with Crippen molar-refractivity contribution >= 4 is 11.7 Å². The number of carbonyl (C=O) groups is 1. The number of hydrogen-bond acceptors (Lipinski definition) is 3. The Morgan fingerprint density at radius 1 is 1.53 bits per heavy atom. The molecule has 0 saturated heterocycles. The molecule has 0 bridgehead atoms. The molecule has 0 amide bonds. The molecule has 0 unspecified atom stereocenters. The molecule has 0 aliphatic carbocycles. The van der Waals surface area contributed by atoms with E-state index in [9.17, 15) is 14.9 Å². The van der Waals surface area contributed by atoms with Crippen LogP contribution in [0.25, 0.3) is 0 Å². The summed E-state index contributed by atoms with van der Waals surface area (Å²) < 4.78 is 0. The van der Waals surface area contributed by atoms with Crippen molar-refractivity contribution in [2.45, 2.75) is 19.8 Å².